The Kier molecular flexibility index (Phi) is 16.3. The number of nitrogens with one attached hydrogen (secondary N) is 1. The van der Waals surface area contributed by atoms with Crippen LogP contribution in [0.1, 0.15) is 137 Å². The number of phenolic OH excluding ortho intramolecular Hbond substituents is 2. The molecule has 17 atom stereocenters. The van der Waals surface area contributed by atoms with E-state index in [9.17, 15) is 49.5 Å². The maximum Gasteiger partial charge on any atom is 0.306 e. The lowest BCUT2D eigenvalue weighted by Crippen LogP contribution is -2.68. The van der Waals surface area contributed by atoms with Crippen LogP contribution in [0.5, 0.6) is 11.5 Å². The summed E-state index contributed by atoms with van der Waals surface area (Å²) < 4.78 is 37.7. The monoisotopic (exact) mass is 1020 g/mol. The summed E-state index contributed by atoms with van der Waals surface area (Å²) in [4.78, 5) is 61.4. The first-order valence-corrected chi connectivity index (χ1v) is 26.5. The van der Waals surface area contributed by atoms with Crippen LogP contribution in [0.15, 0.2) is 53.6 Å². The Labute approximate surface area is 427 Å². The van der Waals surface area contributed by atoms with Gasteiger partial charge in [-0.05, 0) is 160 Å². The number of ether oxygens (including phenoxy) is 1. The minimum absolute atomic E-state index is 0.0524. The summed E-state index contributed by atoms with van der Waals surface area (Å²) in [5.41, 5.74) is -4.87. The number of carbonyl (C=O) groups is 5. The topological polar surface area (TPSA) is 248 Å². The van der Waals surface area contributed by atoms with Crippen molar-refractivity contribution < 1.29 is 73.2 Å². The van der Waals surface area contributed by atoms with E-state index in [1.165, 1.54) is 35.9 Å². The highest BCUT2D eigenvalue weighted by Gasteiger charge is 2.73. The van der Waals surface area contributed by atoms with E-state index in [-0.39, 0.29) is 95.3 Å². The number of aromatic hydroxyl groups is 2. The standard InChI is InChI=1S/C27H36F2O5.C21H30O5.C9H13NO3/c1-5-6-7-23(33)34-14-21(31)24-15(2)10-17-18-12-20(28)19-11-16(30)8-9-26(19,4)27(18,29)22(32)13-25(17,24)3;1-19-7-5-13(23)9-12(19)3-4-14-15-6-8-21(26,17(25)11-22)20(15,2)10-16(24)18(14)19;1-10-5-9(13)6-2-3-7(11)8(12)4-6/h8-9,11,15,17-18,20,22,24,32H,5-7,10,12-14H2,1-4H3;9,14-16,18,22,24,26H,3-8,10-11H2,1-2H3;2-4,9-13H,5H2,1H3/t15-,17+,18+,20+,22+,24-,25+,26+,27+;14-,15-,16-,18+,19-,20-,21-;9-/m100/s1. The van der Waals surface area contributed by atoms with E-state index in [1.54, 1.807) is 26.1 Å². The zero-order valence-electron chi connectivity index (χ0n) is 43.5. The first kappa shape index (κ1) is 56.5. The highest BCUT2D eigenvalue weighted by molar-refractivity contribution is 6.01. The van der Waals surface area contributed by atoms with Gasteiger partial charge in [0.2, 0.25) is 0 Å². The predicted molar refractivity (Wildman–Crippen MR) is 266 cm³/mol. The molecular formula is C57H79F2NO13. The fourth-order valence-electron chi connectivity index (χ4n) is 16.2. The molecule has 0 bridgehead atoms. The highest BCUT2D eigenvalue weighted by atomic mass is 19.1. The number of fused-ring (bicyclic) bond motifs is 10. The Morgan fingerprint density at radius 2 is 1.66 bits per heavy atom. The number of unbranched alkanes of at least 4 members (excludes halogenated alkanes) is 1. The fraction of sp³-hybridized carbons (Fsp3) is 0.702. The van der Waals surface area contributed by atoms with Gasteiger partial charge in [0, 0.05) is 42.1 Å². The van der Waals surface area contributed by atoms with Crippen molar-refractivity contribution in [3.05, 3.63) is 59.2 Å². The molecule has 0 aromatic heterocycles. The highest BCUT2D eigenvalue weighted by Crippen LogP contribution is 2.71. The smallest absolute Gasteiger partial charge is 0.306 e. The summed E-state index contributed by atoms with van der Waals surface area (Å²) in [6, 6.07) is 4.26. The van der Waals surface area contributed by atoms with E-state index < -0.39 is 82.2 Å². The summed E-state index contributed by atoms with van der Waals surface area (Å²) in [6.45, 7) is 10.9. The first-order valence-electron chi connectivity index (χ1n) is 26.5. The molecular weight excluding hydrogens is 945 g/mol. The van der Waals surface area contributed by atoms with Crippen LogP contribution in [0.4, 0.5) is 8.78 Å². The number of phenols is 2. The van der Waals surface area contributed by atoms with Gasteiger partial charge in [0.05, 0.1) is 18.3 Å². The van der Waals surface area contributed by atoms with Gasteiger partial charge in [0.25, 0.3) is 0 Å². The van der Waals surface area contributed by atoms with Crippen LogP contribution in [-0.2, 0) is 28.7 Å². The second-order valence-corrected chi connectivity index (χ2v) is 23.7. The largest absolute Gasteiger partial charge is 0.504 e. The molecule has 8 N–H and O–H groups in total. The number of likely N-dealkylation sites (N-methyl/N-ethyl adjacent to an activating group) is 1. The van der Waals surface area contributed by atoms with E-state index in [4.69, 9.17) is 14.9 Å². The van der Waals surface area contributed by atoms with E-state index in [0.717, 1.165) is 32.1 Å². The number of alkyl halides is 2. The molecule has 0 amide bonds. The third kappa shape index (κ3) is 9.50. The van der Waals surface area contributed by atoms with Gasteiger partial charge in [-0.2, -0.15) is 0 Å². The Balaban J connectivity index is 0.000000176. The van der Waals surface area contributed by atoms with Crippen molar-refractivity contribution >= 4 is 29.1 Å². The van der Waals surface area contributed by atoms with Crippen molar-refractivity contribution in [3.8, 4) is 11.5 Å². The molecule has 0 aliphatic heterocycles. The molecule has 8 aliphatic rings. The summed E-state index contributed by atoms with van der Waals surface area (Å²) in [7, 11) is 1.73. The van der Waals surface area contributed by atoms with E-state index >= 15 is 8.78 Å². The Morgan fingerprint density at radius 3 is 2.32 bits per heavy atom. The van der Waals surface area contributed by atoms with Gasteiger partial charge in [-0.15, -0.1) is 0 Å². The Bertz CT molecular complexity index is 2410. The number of esters is 1. The number of Topliss-reactive ketones (excluding diaryl/α,β-unsaturated/α-hetero) is 2. The fourth-order valence-corrected chi connectivity index (χ4v) is 16.2. The second-order valence-electron chi connectivity index (χ2n) is 23.7. The van der Waals surface area contributed by atoms with Gasteiger partial charge in [-0.1, -0.05) is 58.8 Å². The molecule has 16 heteroatoms. The third-order valence-electron chi connectivity index (χ3n) is 19.9. The first-order chi connectivity index (χ1) is 34.2. The zero-order valence-corrected chi connectivity index (χ0v) is 43.5. The van der Waals surface area contributed by atoms with Crippen LogP contribution in [-0.4, -0.2) is 121 Å². The van der Waals surface area contributed by atoms with E-state index in [1.807, 2.05) is 27.7 Å². The number of allylic oxidation sites excluding steroid dienone is 5. The molecule has 0 heterocycles. The zero-order chi connectivity index (χ0) is 53.8. The molecule has 6 fully saturated rings. The molecule has 73 heavy (non-hydrogen) atoms. The van der Waals surface area contributed by atoms with Gasteiger partial charge >= 0.3 is 5.97 Å². The number of hydrogen-bond acceptors (Lipinski definition) is 14. The number of rotatable bonds is 11. The van der Waals surface area contributed by atoms with Crippen LogP contribution in [0, 0.1) is 63.1 Å². The Morgan fingerprint density at radius 1 is 0.945 bits per heavy atom. The average Bonchev–Trinajstić information content (AvgIpc) is 3.77. The lowest BCUT2D eigenvalue weighted by molar-refractivity contribution is -0.202. The molecule has 0 saturated heterocycles. The summed E-state index contributed by atoms with van der Waals surface area (Å²) >= 11 is 0. The van der Waals surface area contributed by atoms with Gasteiger partial charge in [0.15, 0.2) is 40.3 Å². The second kappa shape index (κ2) is 21.1. The number of aliphatic hydroxyl groups excluding tert-OH is 4. The quantitative estimate of drug-likeness (QED) is 0.0860. The molecule has 9 rings (SSSR count). The van der Waals surface area contributed by atoms with Crippen LogP contribution in [0.3, 0.4) is 0 Å². The number of halogens is 2. The molecule has 404 valence electrons. The molecule has 8 aliphatic carbocycles. The van der Waals surface area contributed by atoms with Crippen molar-refractivity contribution in [2.24, 2.45) is 63.1 Å². The van der Waals surface area contributed by atoms with E-state index in [2.05, 4.69) is 12.2 Å². The average molecular weight is 1020 g/mol. The predicted octanol–water partition coefficient (Wildman–Crippen LogP) is 6.60. The summed E-state index contributed by atoms with van der Waals surface area (Å²) in [6.07, 6.45) is 8.27. The van der Waals surface area contributed by atoms with Crippen molar-refractivity contribution in [2.45, 2.75) is 161 Å². The maximum absolute atomic E-state index is 17.1. The minimum atomic E-state index is -2.15. The van der Waals surface area contributed by atoms with Crippen LogP contribution < -0.4 is 5.32 Å². The van der Waals surface area contributed by atoms with Crippen LogP contribution in [0.2, 0.25) is 0 Å². The molecule has 0 radical (unpaired) electrons. The number of aliphatic hydroxyl groups is 5. The number of carbonyl (C=O) groups excluding carboxylic acids is 5. The number of benzene rings is 1. The number of hydrogen-bond donors (Lipinski definition) is 8. The minimum Gasteiger partial charge on any atom is -0.504 e. The van der Waals surface area contributed by atoms with Crippen molar-refractivity contribution in [1.82, 2.24) is 5.32 Å². The molecule has 0 unspecified atom stereocenters. The molecule has 1 aromatic carbocycles. The summed E-state index contributed by atoms with van der Waals surface area (Å²) in [5.74, 6) is -3.00. The Hall–Kier alpha value is -4.19. The van der Waals surface area contributed by atoms with Crippen LogP contribution >= 0.6 is 0 Å². The summed E-state index contributed by atoms with van der Waals surface area (Å²) in [5, 5.41) is 73.4. The maximum atomic E-state index is 17.1. The van der Waals surface area contributed by atoms with Gasteiger partial charge in [0.1, 0.15) is 25.0 Å². The lowest BCUT2D eigenvalue weighted by atomic mass is 9.45. The molecule has 14 nitrogen and oxygen atoms in total. The van der Waals surface area contributed by atoms with Crippen LogP contribution in [0.25, 0.3) is 0 Å². The van der Waals surface area contributed by atoms with Gasteiger partial charge in [-0.3, -0.25) is 24.0 Å². The van der Waals surface area contributed by atoms with Gasteiger partial charge < -0.3 is 45.8 Å². The van der Waals surface area contributed by atoms with Crippen molar-refractivity contribution in [1.29, 1.82) is 0 Å². The lowest BCUT2D eigenvalue weighted by Gasteiger charge is -2.62. The van der Waals surface area contributed by atoms with Gasteiger partial charge in [-0.25, -0.2) is 8.78 Å². The third-order valence-corrected chi connectivity index (χ3v) is 19.9. The SMILES string of the molecule is CCCCC(=O)OCC(=O)[C@H]1[C@H](C)C[C@H]2[C@@H]3C[C@H](F)C4=CC(=O)C=C[C@]4(C)[C@@]3(F)[C@@H](O)C[C@@]21C.CNC[C@H](O)c1ccc(O)c(O)c1.C[C@]12CCC(=O)C=C1CC[C@@H]1[C@@H]2[C@@H](O)C[C@@]2(C)[C@H]1CC[C@]2(O)C(=O)CO. The van der Waals surface area contributed by atoms with Crippen molar-refractivity contribution in [3.63, 3.8) is 0 Å². The van der Waals surface area contributed by atoms with E-state index in [0.29, 0.717) is 44.2 Å². The molecule has 6 saturated carbocycles. The van der Waals surface area contributed by atoms with Crippen molar-refractivity contribution in [2.75, 3.05) is 26.8 Å². The number of ketones is 4. The normalized spacial score (nSPS) is 41.3. The molecule has 1 aromatic rings. The molecule has 0 spiro atoms.